The lowest BCUT2D eigenvalue weighted by molar-refractivity contribution is -0.138. The van der Waals surface area contributed by atoms with E-state index in [0.29, 0.717) is 29.4 Å². The van der Waals surface area contributed by atoms with Crippen molar-refractivity contribution in [1.29, 1.82) is 0 Å². The number of amides is 2. The average Bonchev–Trinajstić information content (AvgIpc) is 3.19. The molecular weight excluding hydrogens is 722 g/mol. The maximum absolute atomic E-state index is 14.2. The highest BCUT2D eigenvalue weighted by molar-refractivity contribution is 6.30. The number of fused-ring (bicyclic) bond motifs is 1. The van der Waals surface area contributed by atoms with E-state index in [9.17, 15) is 14.0 Å². The molecule has 1 aliphatic rings. The van der Waals surface area contributed by atoms with Gasteiger partial charge in [0.05, 0.1) is 6.42 Å². The van der Waals surface area contributed by atoms with E-state index in [-0.39, 0.29) is 49.1 Å². The van der Waals surface area contributed by atoms with Crippen molar-refractivity contribution in [3.63, 3.8) is 0 Å². The number of ether oxygens (including phenoxy) is 1. The molecule has 11 heteroatoms. The van der Waals surface area contributed by atoms with E-state index in [2.05, 4.69) is 80.0 Å². The number of nitrogens with zero attached hydrogens (tertiary/aromatic N) is 1. The number of carbonyl (C=O) groups excluding carboxylic acids is 2. The van der Waals surface area contributed by atoms with Crippen molar-refractivity contribution < 1.29 is 18.7 Å². The molecule has 0 spiro atoms. The Morgan fingerprint density at radius 1 is 0.904 bits per heavy atom. The van der Waals surface area contributed by atoms with Gasteiger partial charge in [-0.2, -0.15) is 0 Å². The van der Waals surface area contributed by atoms with E-state index in [1.807, 2.05) is 24.3 Å². The van der Waals surface area contributed by atoms with Crippen LogP contribution in [0.4, 0.5) is 15.8 Å². The van der Waals surface area contributed by atoms with Gasteiger partial charge in [0, 0.05) is 53.7 Å². The Hall–Kier alpha value is -3.66. The summed E-state index contributed by atoms with van der Waals surface area (Å²) in [6, 6.07) is 28.3. The standard InChI is InChI=1S/C41H48ClFN4O3.2ClH/c1-5-29-13-7-9-17-35(29)45-21-11-20-44-25-28-12-10-15-30(22-28)39-33-23-32(42)18-19-36(33)47(27-41(2,3)4)40(49)37(50-39)24-38(48)46-26-31-14-6-8-16-34(31)43;;/h6-10,12-19,22-23,37,39,44-45H,5,11,20-21,24-27H2,1-4H3,(H,46,48);2*1H. The van der Waals surface area contributed by atoms with E-state index in [1.54, 1.807) is 29.2 Å². The highest BCUT2D eigenvalue weighted by Gasteiger charge is 2.39. The molecule has 0 aromatic heterocycles. The van der Waals surface area contributed by atoms with Gasteiger partial charge in [0.2, 0.25) is 5.91 Å². The van der Waals surface area contributed by atoms with Crippen LogP contribution in [0.25, 0.3) is 0 Å². The summed E-state index contributed by atoms with van der Waals surface area (Å²) >= 11 is 6.56. The highest BCUT2D eigenvalue weighted by atomic mass is 35.5. The van der Waals surface area contributed by atoms with Gasteiger partial charge in [-0.3, -0.25) is 9.59 Å². The Morgan fingerprint density at radius 3 is 2.37 bits per heavy atom. The van der Waals surface area contributed by atoms with Gasteiger partial charge in [0.1, 0.15) is 18.0 Å². The van der Waals surface area contributed by atoms with Crippen LogP contribution in [0.15, 0.2) is 91.0 Å². The molecule has 0 aliphatic carbocycles. The summed E-state index contributed by atoms with van der Waals surface area (Å²) < 4.78 is 20.9. The van der Waals surface area contributed by atoms with Crippen LogP contribution in [-0.4, -0.2) is 37.6 Å². The summed E-state index contributed by atoms with van der Waals surface area (Å²) in [6.07, 6.45) is -0.0110. The molecule has 280 valence electrons. The van der Waals surface area contributed by atoms with Crippen molar-refractivity contribution in [2.75, 3.05) is 29.9 Å². The second-order valence-electron chi connectivity index (χ2n) is 14.0. The lowest BCUT2D eigenvalue weighted by Crippen LogP contribution is -2.45. The lowest BCUT2D eigenvalue weighted by Gasteiger charge is -2.31. The van der Waals surface area contributed by atoms with Gasteiger partial charge in [-0.05, 0) is 71.8 Å². The smallest absolute Gasteiger partial charge is 0.256 e. The number of aryl methyl sites for hydroxylation is 1. The minimum Gasteiger partial charge on any atom is -0.385 e. The highest BCUT2D eigenvalue weighted by Crippen LogP contribution is 2.41. The first-order chi connectivity index (χ1) is 24.0. The molecule has 0 fully saturated rings. The molecule has 0 bridgehead atoms. The van der Waals surface area contributed by atoms with E-state index in [0.717, 1.165) is 42.6 Å². The first-order valence-electron chi connectivity index (χ1n) is 17.4. The Kier molecular flexibility index (Phi) is 16.4. The van der Waals surface area contributed by atoms with Crippen LogP contribution >= 0.6 is 36.4 Å². The third-order valence-corrected chi connectivity index (χ3v) is 8.90. The number of benzene rings is 4. The predicted octanol–water partition coefficient (Wildman–Crippen LogP) is 9.05. The summed E-state index contributed by atoms with van der Waals surface area (Å²) in [5.41, 5.74) is 6.01. The summed E-state index contributed by atoms with van der Waals surface area (Å²) in [7, 11) is 0. The zero-order chi connectivity index (χ0) is 35.7. The van der Waals surface area contributed by atoms with Crippen LogP contribution in [0, 0.1) is 11.2 Å². The number of hydrogen-bond acceptors (Lipinski definition) is 5. The number of nitrogens with one attached hydrogen (secondary N) is 3. The molecule has 4 aromatic carbocycles. The summed E-state index contributed by atoms with van der Waals surface area (Å²) in [6.45, 7) is 11.1. The monoisotopic (exact) mass is 770 g/mol. The molecule has 5 rings (SSSR count). The normalized spacial score (nSPS) is 15.5. The summed E-state index contributed by atoms with van der Waals surface area (Å²) in [5.74, 6) is -1.11. The molecule has 0 radical (unpaired) electrons. The first-order valence-corrected chi connectivity index (χ1v) is 17.8. The number of hydrogen-bond donors (Lipinski definition) is 3. The fourth-order valence-electron chi connectivity index (χ4n) is 6.21. The molecule has 52 heavy (non-hydrogen) atoms. The Balaban J connectivity index is 0.00000364. The number of halogens is 4. The lowest BCUT2D eigenvalue weighted by atomic mass is 9.94. The number of carbonyl (C=O) groups is 2. The summed E-state index contributed by atoms with van der Waals surface area (Å²) in [4.78, 5) is 29.2. The molecule has 2 atom stereocenters. The largest absolute Gasteiger partial charge is 0.385 e. The number of anilines is 2. The second-order valence-corrected chi connectivity index (χ2v) is 14.4. The molecule has 2 unspecified atom stereocenters. The zero-order valence-corrected chi connectivity index (χ0v) is 32.6. The minimum absolute atomic E-state index is 0. The molecule has 3 N–H and O–H groups in total. The Bertz CT molecular complexity index is 1780. The number of rotatable bonds is 14. The fourth-order valence-corrected chi connectivity index (χ4v) is 6.39. The predicted molar refractivity (Wildman–Crippen MR) is 214 cm³/mol. The SMILES string of the molecule is CCc1ccccc1NCCCNCc1cccc(C2OC(CC(=O)NCc3ccccc3F)C(=O)N(CC(C)(C)C)c3ccc(Cl)cc32)c1.Cl.Cl. The molecule has 2 amide bonds. The van der Waals surface area contributed by atoms with Crippen molar-refractivity contribution in [2.45, 2.75) is 72.3 Å². The maximum Gasteiger partial charge on any atom is 0.256 e. The first kappa shape index (κ1) is 42.8. The molecule has 1 heterocycles. The van der Waals surface area contributed by atoms with Crippen molar-refractivity contribution in [3.8, 4) is 0 Å². The molecule has 0 saturated carbocycles. The Morgan fingerprint density at radius 2 is 1.63 bits per heavy atom. The quantitative estimate of drug-likeness (QED) is 0.112. The third kappa shape index (κ3) is 11.7. The maximum atomic E-state index is 14.2. The van der Waals surface area contributed by atoms with Gasteiger partial charge < -0.3 is 25.6 Å². The number of para-hydroxylation sites is 1. The van der Waals surface area contributed by atoms with E-state index >= 15 is 0 Å². The summed E-state index contributed by atoms with van der Waals surface area (Å²) in [5, 5.41) is 10.4. The van der Waals surface area contributed by atoms with Crippen molar-refractivity contribution in [3.05, 3.63) is 130 Å². The van der Waals surface area contributed by atoms with Crippen molar-refractivity contribution >= 4 is 59.6 Å². The van der Waals surface area contributed by atoms with Crippen molar-refractivity contribution in [2.24, 2.45) is 5.41 Å². The van der Waals surface area contributed by atoms with E-state index in [1.165, 1.54) is 17.3 Å². The van der Waals surface area contributed by atoms with Crippen LogP contribution in [0.5, 0.6) is 0 Å². The van der Waals surface area contributed by atoms with E-state index in [4.69, 9.17) is 16.3 Å². The second kappa shape index (κ2) is 20.0. The average molecular weight is 772 g/mol. The third-order valence-electron chi connectivity index (χ3n) is 8.67. The van der Waals surface area contributed by atoms with Gasteiger partial charge in [0.25, 0.3) is 5.91 Å². The molecule has 7 nitrogen and oxygen atoms in total. The van der Waals surface area contributed by atoms with Gasteiger partial charge >= 0.3 is 0 Å². The van der Waals surface area contributed by atoms with Gasteiger partial charge in [-0.25, -0.2) is 4.39 Å². The van der Waals surface area contributed by atoms with Gasteiger partial charge in [-0.15, -0.1) is 24.8 Å². The zero-order valence-electron chi connectivity index (χ0n) is 30.2. The minimum atomic E-state index is -1.08. The molecule has 1 aliphatic heterocycles. The van der Waals surface area contributed by atoms with Crippen LogP contribution in [0.1, 0.15) is 74.5 Å². The Labute approximate surface area is 324 Å². The van der Waals surface area contributed by atoms with Crippen LogP contribution in [-0.2, 0) is 33.8 Å². The van der Waals surface area contributed by atoms with Crippen LogP contribution in [0.2, 0.25) is 5.02 Å². The van der Waals surface area contributed by atoms with Crippen LogP contribution in [0.3, 0.4) is 0 Å². The van der Waals surface area contributed by atoms with Crippen molar-refractivity contribution in [1.82, 2.24) is 10.6 Å². The van der Waals surface area contributed by atoms with E-state index < -0.39 is 23.9 Å². The van der Waals surface area contributed by atoms with Crippen LogP contribution < -0.4 is 20.9 Å². The molecule has 4 aromatic rings. The van der Waals surface area contributed by atoms with Gasteiger partial charge in [-0.1, -0.05) is 100.0 Å². The molecule has 0 saturated heterocycles. The molecular formula is C41H50Cl3FN4O3. The topological polar surface area (TPSA) is 82.7 Å². The van der Waals surface area contributed by atoms with Gasteiger partial charge in [0.15, 0.2) is 0 Å². The fraction of sp³-hybridized carbons (Fsp3) is 0.366.